The van der Waals surface area contributed by atoms with Crippen LogP contribution in [0, 0.1) is 0 Å². The average molecular weight is 324 g/mol. The molecule has 0 saturated heterocycles. The van der Waals surface area contributed by atoms with Crippen LogP contribution in [0.2, 0.25) is 0 Å². The molecular formula is C18H20N4O2. The summed E-state index contributed by atoms with van der Waals surface area (Å²) >= 11 is 0. The minimum atomic E-state index is -0.0934. The number of hydrogen-bond donors (Lipinski definition) is 2. The largest absolute Gasteiger partial charge is 0.481 e. The Balaban J connectivity index is 1.69. The van der Waals surface area contributed by atoms with Crippen LogP contribution in [0.25, 0.3) is 0 Å². The number of benzene rings is 1. The highest BCUT2D eigenvalue weighted by molar-refractivity contribution is 6.01. The molecule has 6 heteroatoms. The van der Waals surface area contributed by atoms with Gasteiger partial charge < -0.3 is 15.8 Å². The van der Waals surface area contributed by atoms with Crippen LogP contribution in [-0.4, -0.2) is 23.9 Å². The summed E-state index contributed by atoms with van der Waals surface area (Å²) in [7, 11) is 1.56. The number of aromatic nitrogens is 1. The molecule has 124 valence electrons. The minimum absolute atomic E-state index is 0.0612. The topological polar surface area (TPSA) is 89.6 Å². The summed E-state index contributed by atoms with van der Waals surface area (Å²) in [6, 6.07) is 11.6. The number of carbonyl (C=O) groups excluding carboxylic acids is 1. The number of fused-ring (bicyclic) bond motifs is 1. The molecule has 24 heavy (non-hydrogen) atoms. The molecule has 1 aliphatic heterocycles. The van der Waals surface area contributed by atoms with Crippen LogP contribution in [0.3, 0.4) is 0 Å². The Hall–Kier alpha value is -2.89. The fourth-order valence-electron chi connectivity index (χ4n) is 2.83. The van der Waals surface area contributed by atoms with Gasteiger partial charge in [0.15, 0.2) is 0 Å². The molecular weight excluding hydrogens is 304 g/mol. The van der Waals surface area contributed by atoms with Gasteiger partial charge in [0, 0.05) is 0 Å². The van der Waals surface area contributed by atoms with Gasteiger partial charge in [-0.25, -0.2) is 9.98 Å². The monoisotopic (exact) mass is 324 g/mol. The number of rotatable bonds is 4. The lowest BCUT2D eigenvalue weighted by molar-refractivity contribution is -0.121. The van der Waals surface area contributed by atoms with Crippen LogP contribution >= 0.6 is 0 Å². The normalized spacial score (nSPS) is 13.8. The number of nitrogens with one attached hydrogen (secondary N) is 1. The van der Waals surface area contributed by atoms with E-state index in [1.807, 2.05) is 43.3 Å². The number of hydrogen-bond acceptors (Lipinski definition) is 5. The van der Waals surface area contributed by atoms with Crippen molar-refractivity contribution < 1.29 is 9.53 Å². The number of anilines is 1. The van der Waals surface area contributed by atoms with Gasteiger partial charge in [-0.3, -0.25) is 4.79 Å². The maximum Gasteiger partial charge on any atom is 0.226 e. The lowest BCUT2D eigenvalue weighted by Crippen LogP contribution is -2.28. The number of amides is 1. The van der Waals surface area contributed by atoms with Crippen molar-refractivity contribution in [1.29, 1.82) is 0 Å². The molecule has 2 heterocycles. The molecule has 1 atom stereocenters. The summed E-state index contributed by atoms with van der Waals surface area (Å²) in [6.45, 7) is 2.46. The van der Waals surface area contributed by atoms with Crippen LogP contribution in [0.15, 0.2) is 41.4 Å². The SMILES string of the molecule is COC1=NCc2cc(CC(=O)N[C@H](C)c3ccccc3)nc(N)c21. The van der Waals surface area contributed by atoms with Crippen LogP contribution in [0.1, 0.15) is 35.3 Å². The fourth-order valence-corrected chi connectivity index (χ4v) is 2.83. The maximum absolute atomic E-state index is 12.3. The molecule has 0 radical (unpaired) electrons. The molecule has 1 aromatic heterocycles. The molecule has 0 saturated carbocycles. The van der Waals surface area contributed by atoms with Crippen molar-refractivity contribution in [3.63, 3.8) is 0 Å². The Morgan fingerprint density at radius 1 is 1.38 bits per heavy atom. The predicted octanol–water partition coefficient (Wildman–Crippen LogP) is 1.99. The summed E-state index contributed by atoms with van der Waals surface area (Å²) in [6.07, 6.45) is 0.178. The van der Waals surface area contributed by atoms with E-state index in [1.165, 1.54) is 0 Å². The first-order chi connectivity index (χ1) is 11.6. The van der Waals surface area contributed by atoms with E-state index < -0.39 is 0 Å². The molecule has 0 aliphatic carbocycles. The second-order valence-corrected chi connectivity index (χ2v) is 5.74. The van der Waals surface area contributed by atoms with Gasteiger partial charge in [-0.15, -0.1) is 0 Å². The van der Waals surface area contributed by atoms with Gasteiger partial charge in [-0.2, -0.15) is 0 Å². The van der Waals surface area contributed by atoms with Crippen molar-refractivity contribution in [2.75, 3.05) is 12.8 Å². The predicted molar refractivity (Wildman–Crippen MR) is 92.6 cm³/mol. The van der Waals surface area contributed by atoms with E-state index >= 15 is 0 Å². The molecule has 2 aromatic rings. The summed E-state index contributed by atoms with van der Waals surface area (Å²) < 4.78 is 5.19. The number of nitrogen functional groups attached to an aromatic ring is 1. The van der Waals surface area contributed by atoms with Crippen molar-refractivity contribution in [2.45, 2.75) is 25.9 Å². The lowest BCUT2D eigenvalue weighted by atomic mass is 10.1. The molecule has 0 unspecified atom stereocenters. The van der Waals surface area contributed by atoms with Crippen LogP contribution in [0.5, 0.6) is 0 Å². The Labute approximate surface area is 140 Å². The van der Waals surface area contributed by atoms with Crippen molar-refractivity contribution >= 4 is 17.6 Å². The smallest absolute Gasteiger partial charge is 0.226 e. The third-order valence-corrected chi connectivity index (χ3v) is 4.00. The molecule has 3 rings (SSSR count). The maximum atomic E-state index is 12.3. The Morgan fingerprint density at radius 3 is 2.83 bits per heavy atom. The van der Waals surface area contributed by atoms with E-state index in [0.29, 0.717) is 24.0 Å². The van der Waals surface area contributed by atoms with Gasteiger partial charge >= 0.3 is 0 Å². The third kappa shape index (κ3) is 3.22. The van der Waals surface area contributed by atoms with Gasteiger partial charge in [0.1, 0.15) is 5.82 Å². The average Bonchev–Trinajstić information content (AvgIpc) is 2.99. The minimum Gasteiger partial charge on any atom is -0.481 e. The van der Waals surface area contributed by atoms with Gasteiger partial charge in [0.2, 0.25) is 11.8 Å². The highest BCUT2D eigenvalue weighted by Gasteiger charge is 2.22. The quantitative estimate of drug-likeness (QED) is 0.900. The number of carbonyl (C=O) groups is 1. The lowest BCUT2D eigenvalue weighted by Gasteiger charge is -2.14. The van der Waals surface area contributed by atoms with E-state index in [2.05, 4.69) is 15.3 Å². The summed E-state index contributed by atoms with van der Waals surface area (Å²) in [5, 5.41) is 2.98. The molecule has 0 bridgehead atoms. The van der Waals surface area contributed by atoms with Gasteiger partial charge in [0.05, 0.1) is 37.4 Å². The number of ether oxygens (including phenoxy) is 1. The van der Waals surface area contributed by atoms with Crippen molar-refractivity contribution in [3.8, 4) is 0 Å². The van der Waals surface area contributed by atoms with E-state index in [-0.39, 0.29) is 18.4 Å². The third-order valence-electron chi connectivity index (χ3n) is 4.00. The first-order valence-corrected chi connectivity index (χ1v) is 7.80. The van der Waals surface area contributed by atoms with E-state index in [0.717, 1.165) is 16.7 Å². The molecule has 0 spiro atoms. The van der Waals surface area contributed by atoms with Crippen LogP contribution in [-0.2, 0) is 22.5 Å². The first-order valence-electron chi connectivity index (χ1n) is 7.80. The standard InChI is InChI=1S/C18H20N4O2/c1-11(12-6-4-3-5-7-12)21-15(23)9-14-8-13-10-20-18(24-2)16(13)17(19)22-14/h3-8,11H,9-10H2,1-2H3,(H2,19,22)(H,21,23)/t11-/m1/s1. The van der Waals surface area contributed by atoms with Crippen molar-refractivity contribution in [1.82, 2.24) is 10.3 Å². The second kappa shape index (κ2) is 6.70. The molecule has 1 aliphatic rings. The summed E-state index contributed by atoms with van der Waals surface area (Å²) in [5.41, 5.74) is 9.38. The molecule has 0 fully saturated rings. The van der Waals surface area contributed by atoms with Crippen LogP contribution < -0.4 is 11.1 Å². The van der Waals surface area contributed by atoms with E-state index in [4.69, 9.17) is 10.5 Å². The Bertz CT molecular complexity index is 787. The highest BCUT2D eigenvalue weighted by atomic mass is 16.5. The summed E-state index contributed by atoms with van der Waals surface area (Å²) in [5.74, 6) is 0.761. The van der Waals surface area contributed by atoms with Gasteiger partial charge in [-0.1, -0.05) is 30.3 Å². The number of aliphatic imine (C=N–C) groups is 1. The van der Waals surface area contributed by atoms with Crippen LogP contribution in [0.4, 0.5) is 5.82 Å². The molecule has 3 N–H and O–H groups in total. The van der Waals surface area contributed by atoms with Crippen molar-refractivity contribution in [2.24, 2.45) is 4.99 Å². The van der Waals surface area contributed by atoms with E-state index in [9.17, 15) is 4.79 Å². The Kier molecular flexibility index (Phi) is 4.46. The number of nitrogens with two attached hydrogens (primary N) is 1. The molecule has 1 aromatic carbocycles. The Morgan fingerprint density at radius 2 is 2.12 bits per heavy atom. The second-order valence-electron chi connectivity index (χ2n) is 5.74. The number of pyridine rings is 1. The van der Waals surface area contributed by atoms with E-state index in [1.54, 1.807) is 7.11 Å². The van der Waals surface area contributed by atoms with Crippen molar-refractivity contribution in [3.05, 3.63) is 58.8 Å². The molecule has 1 amide bonds. The fraction of sp³-hybridized carbons (Fsp3) is 0.278. The number of nitrogens with zero attached hydrogens (tertiary/aromatic N) is 2. The zero-order valence-corrected chi connectivity index (χ0v) is 13.7. The first kappa shape index (κ1) is 16.0. The van der Waals surface area contributed by atoms with Gasteiger partial charge in [-0.05, 0) is 24.1 Å². The highest BCUT2D eigenvalue weighted by Crippen LogP contribution is 2.25. The zero-order chi connectivity index (χ0) is 17.1. The van der Waals surface area contributed by atoms with Gasteiger partial charge in [0.25, 0.3) is 0 Å². The zero-order valence-electron chi connectivity index (χ0n) is 13.7. The number of methoxy groups -OCH3 is 1. The molecule has 6 nitrogen and oxygen atoms in total. The summed E-state index contributed by atoms with van der Waals surface area (Å²) in [4.78, 5) is 20.9.